The predicted molar refractivity (Wildman–Crippen MR) is 85.2 cm³/mol. The van der Waals surface area contributed by atoms with Crippen LogP contribution in [0, 0.1) is 5.39 Å². The minimum Gasteiger partial charge on any atom is -0.475 e. The summed E-state index contributed by atoms with van der Waals surface area (Å²) in [5.74, 6) is -0.563. The van der Waals surface area contributed by atoms with Crippen LogP contribution in [-0.2, 0) is 16.1 Å². The summed E-state index contributed by atoms with van der Waals surface area (Å²) in [7, 11) is 1.20. The summed E-state index contributed by atoms with van der Waals surface area (Å²) in [6, 6.07) is 7.57. The highest BCUT2D eigenvalue weighted by Gasteiger charge is 2.50. The third-order valence-corrected chi connectivity index (χ3v) is 4.67. The maximum absolute atomic E-state index is 12.9. The molecule has 1 amide bonds. The monoisotopic (exact) mass is 330 g/mol. The molecule has 0 atom stereocenters. The Bertz CT molecular complexity index is 717. The van der Waals surface area contributed by atoms with E-state index >= 15 is 0 Å². The van der Waals surface area contributed by atoms with Crippen molar-refractivity contribution in [3.8, 4) is 5.75 Å². The van der Waals surface area contributed by atoms with Crippen LogP contribution < -0.4 is 4.74 Å². The van der Waals surface area contributed by atoms with Crippen molar-refractivity contribution in [2.24, 2.45) is 0 Å². The number of para-hydroxylation sites is 1. The Hall–Kier alpha value is -2.75. The van der Waals surface area contributed by atoms with Gasteiger partial charge in [-0.25, -0.2) is 0 Å². The van der Waals surface area contributed by atoms with Gasteiger partial charge in [-0.1, -0.05) is 24.6 Å². The maximum Gasteiger partial charge on any atom is 0.527 e. The van der Waals surface area contributed by atoms with Gasteiger partial charge in [0.1, 0.15) is 5.75 Å². The van der Waals surface area contributed by atoms with Crippen LogP contribution in [0.4, 0.5) is 0 Å². The molecule has 1 spiro atoms. The number of rotatable bonds is 2. The number of carbonyl (C=O) groups is 1. The molecule has 0 aromatic heterocycles. The summed E-state index contributed by atoms with van der Waals surface area (Å²) in [6.07, 6.45) is 4.36. The molecule has 0 saturated heterocycles. The number of nitrogens with zero attached hydrogens (tertiary/aromatic N) is 3. The van der Waals surface area contributed by atoms with Gasteiger partial charge in [-0.2, -0.15) is 0 Å². The van der Waals surface area contributed by atoms with E-state index in [0.29, 0.717) is 19.4 Å². The zero-order chi connectivity index (χ0) is 17.2. The normalized spacial score (nSPS) is 19.6. The van der Waals surface area contributed by atoms with Crippen molar-refractivity contribution < 1.29 is 19.4 Å². The second-order valence-corrected chi connectivity index (χ2v) is 6.07. The lowest BCUT2D eigenvalue weighted by Gasteiger charge is -2.48. The van der Waals surface area contributed by atoms with Crippen LogP contribution in [-0.4, -0.2) is 28.7 Å². The molecular formula is C17H20N3O4+. The number of methoxy groups -OCH3 is 1. The van der Waals surface area contributed by atoms with Crippen molar-refractivity contribution in [1.29, 1.82) is 5.39 Å². The lowest BCUT2D eigenvalue weighted by atomic mass is 9.88. The zero-order valence-corrected chi connectivity index (χ0v) is 13.6. The molecule has 1 N–H and O–H groups in total. The van der Waals surface area contributed by atoms with Gasteiger partial charge in [0, 0.05) is 18.4 Å². The van der Waals surface area contributed by atoms with Crippen LogP contribution in [0.25, 0.3) is 4.98 Å². The van der Waals surface area contributed by atoms with Crippen LogP contribution in [0.2, 0.25) is 0 Å². The van der Waals surface area contributed by atoms with Crippen molar-refractivity contribution in [1.82, 2.24) is 4.90 Å². The van der Waals surface area contributed by atoms with Crippen LogP contribution >= 0.6 is 0 Å². The number of hydrogen-bond donors (Lipinski definition) is 1. The average molecular weight is 330 g/mol. The molecule has 126 valence electrons. The molecule has 24 heavy (non-hydrogen) atoms. The van der Waals surface area contributed by atoms with E-state index < -0.39 is 23.3 Å². The Kier molecular flexibility index (Phi) is 4.30. The predicted octanol–water partition coefficient (Wildman–Crippen LogP) is 3.29. The second kappa shape index (κ2) is 6.40. The Morgan fingerprint density at radius 1 is 1.33 bits per heavy atom. The number of fused-ring (bicyclic) bond motifs is 1. The highest BCUT2D eigenvalue weighted by molar-refractivity contribution is 5.95. The van der Waals surface area contributed by atoms with Gasteiger partial charge in [0.25, 0.3) is 0 Å². The first-order valence-electron chi connectivity index (χ1n) is 8.02. The van der Waals surface area contributed by atoms with Crippen LogP contribution in [0.1, 0.15) is 37.7 Å². The van der Waals surface area contributed by atoms with Gasteiger partial charge in [0.15, 0.2) is 10.7 Å². The number of aliphatic hydroxyl groups is 1. The first-order chi connectivity index (χ1) is 11.6. The SMILES string of the molecule is CO/C(O)=C(\[N+]#N)C(=O)N1Cc2ccccc2OC12CCCCC2. The van der Waals surface area contributed by atoms with E-state index in [0.717, 1.165) is 30.6 Å². The van der Waals surface area contributed by atoms with Crippen molar-refractivity contribution in [3.05, 3.63) is 46.4 Å². The van der Waals surface area contributed by atoms with E-state index in [9.17, 15) is 9.90 Å². The zero-order valence-electron chi connectivity index (χ0n) is 13.6. The Morgan fingerprint density at radius 2 is 2.04 bits per heavy atom. The van der Waals surface area contributed by atoms with Gasteiger partial charge in [-0.05, 0) is 18.9 Å². The highest BCUT2D eigenvalue weighted by Crippen LogP contribution is 2.42. The van der Waals surface area contributed by atoms with Crippen molar-refractivity contribution in [3.63, 3.8) is 0 Å². The molecule has 3 rings (SSSR count). The fourth-order valence-electron chi connectivity index (χ4n) is 3.44. The van der Waals surface area contributed by atoms with E-state index in [1.54, 1.807) is 4.90 Å². The summed E-state index contributed by atoms with van der Waals surface area (Å²) in [5.41, 5.74) is -0.435. The summed E-state index contributed by atoms with van der Waals surface area (Å²) in [4.78, 5) is 17.4. The van der Waals surface area contributed by atoms with Crippen LogP contribution in [0.5, 0.6) is 5.75 Å². The number of carbonyl (C=O) groups excluding carboxylic acids is 1. The van der Waals surface area contributed by atoms with E-state index in [2.05, 4.69) is 9.71 Å². The number of hydrogen-bond acceptors (Lipinski definition) is 5. The number of benzene rings is 1. The maximum atomic E-state index is 12.9. The minimum absolute atomic E-state index is 0.324. The van der Waals surface area contributed by atoms with E-state index in [1.807, 2.05) is 24.3 Å². The van der Waals surface area contributed by atoms with Gasteiger partial charge in [0.05, 0.1) is 13.7 Å². The van der Waals surface area contributed by atoms with Gasteiger partial charge < -0.3 is 14.6 Å². The summed E-state index contributed by atoms with van der Waals surface area (Å²) >= 11 is 0. The molecular weight excluding hydrogens is 310 g/mol. The standard InChI is InChI=1S/C17H19N3O4/c1-23-16(22)14(19-18)15(21)20-11-12-7-3-4-8-13(12)24-17(20)9-5-2-6-10-17/h3-4,7-8H,2,5-6,9-11H2,1H3/p+1. The van der Waals surface area contributed by atoms with Crippen molar-refractivity contribution >= 4 is 5.91 Å². The molecule has 1 aliphatic carbocycles. The Labute approximate surface area is 140 Å². The first kappa shape index (κ1) is 16.1. The lowest BCUT2D eigenvalue weighted by molar-refractivity contribution is -0.163. The van der Waals surface area contributed by atoms with Crippen LogP contribution in [0.3, 0.4) is 0 Å². The van der Waals surface area contributed by atoms with Crippen LogP contribution in [0.15, 0.2) is 35.9 Å². The molecule has 7 nitrogen and oxygen atoms in total. The molecule has 1 saturated carbocycles. The third-order valence-electron chi connectivity index (χ3n) is 4.67. The van der Waals surface area contributed by atoms with Gasteiger partial charge in [-0.3, -0.25) is 9.69 Å². The number of amides is 1. The van der Waals surface area contributed by atoms with Crippen molar-refractivity contribution in [2.75, 3.05) is 7.11 Å². The average Bonchev–Trinajstić information content (AvgIpc) is 2.62. The van der Waals surface area contributed by atoms with Crippen molar-refractivity contribution in [2.45, 2.75) is 44.4 Å². The molecule has 1 aliphatic heterocycles. The number of diazo groups is 1. The van der Waals surface area contributed by atoms with E-state index in [4.69, 9.17) is 10.1 Å². The first-order valence-corrected chi connectivity index (χ1v) is 8.02. The van der Waals surface area contributed by atoms with E-state index in [1.165, 1.54) is 7.11 Å². The quantitative estimate of drug-likeness (QED) is 0.511. The molecule has 7 heteroatoms. The highest BCUT2D eigenvalue weighted by atomic mass is 16.6. The Balaban J connectivity index is 2.03. The molecule has 1 fully saturated rings. The number of ether oxygens (including phenoxy) is 2. The smallest absolute Gasteiger partial charge is 0.475 e. The second-order valence-electron chi connectivity index (χ2n) is 6.07. The largest absolute Gasteiger partial charge is 0.527 e. The molecule has 0 unspecified atom stereocenters. The molecule has 2 aliphatic rings. The molecule has 1 aromatic rings. The molecule has 1 heterocycles. The summed E-state index contributed by atoms with van der Waals surface area (Å²) in [6.45, 7) is 0.324. The number of aliphatic hydroxyl groups excluding tert-OH is 1. The molecule has 0 bridgehead atoms. The summed E-state index contributed by atoms with van der Waals surface area (Å²) < 4.78 is 10.9. The third kappa shape index (κ3) is 2.64. The Morgan fingerprint density at radius 3 is 2.71 bits per heavy atom. The fourth-order valence-corrected chi connectivity index (χ4v) is 3.44. The topological polar surface area (TPSA) is 87.2 Å². The van der Waals surface area contributed by atoms with Gasteiger partial charge in [0.2, 0.25) is 5.39 Å². The molecule has 1 aromatic carbocycles. The lowest BCUT2D eigenvalue weighted by Crippen LogP contribution is -2.58. The van der Waals surface area contributed by atoms with E-state index in [-0.39, 0.29) is 0 Å². The van der Waals surface area contributed by atoms with Gasteiger partial charge >= 0.3 is 17.5 Å². The fraction of sp³-hybridized carbons (Fsp3) is 0.471. The summed E-state index contributed by atoms with van der Waals surface area (Å²) in [5, 5.41) is 18.9. The van der Waals surface area contributed by atoms with Gasteiger partial charge in [-0.15, -0.1) is 0 Å². The molecule has 0 radical (unpaired) electrons. The minimum atomic E-state index is -0.784.